The van der Waals surface area contributed by atoms with Gasteiger partial charge in [-0.3, -0.25) is 19.2 Å². The van der Waals surface area contributed by atoms with Crippen molar-refractivity contribution in [3.8, 4) is 34.1 Å². The molecule has 4 rings (SSSR count). The zero-order valence-corrected chi connectivity index (χ0v) is 26.9. The molecule has 0 saturated carbocycles. The SMILES string of the molecule is COc1ccc(NC(C)=O)cc1NC(=O)CCCNc1ccc2c(cc1=O)C(NC(C)=O)CCc1cc(OC)c(OC)c(OC)c1-2. The minimum Gasteiger partial charge on any atom is -0.495 e. The molecule has 0 bridgehead atoms. The first-order valence-electron chi connectivity index (χ1n) is 14.9. The van der Waals surface area contributed by atoms with Crippen molar-refractivity contribution in [1.29, 1.82) is 0 Å². The lowest BCUT2D eigenvalue weighted by molar-refractivity contribution is -0.120. The molecule has 3 aromatic rings. The van der Waals surface area contributed by atoms with Gasteiger partial charge in [0.1, 0.15) is 5.75 Å². The molecule has 0 radical (unpaired) electrons. The minimum absolute atomic E-state index is 0.168. The van der Waals surface area contributed by atoms with Gasteiger partial charge in [-0.1, -0.05) is 6.07 Å². The number of fused-ring (bicyclic) bond motifs is 3. The van der Waals surface area contributed by atoms with Crippen molar-refractivity contribution >= 4 is 34.8 Å². The van der Waals surface area contributed by atoms with Gasteiger partial charge in [0.2, 0.25) is 28.9 Å². The minimum atomic E-state index is -0.417. The molecule has 4 N–H and O–H groups in total. The number of hydrogen-bond donors (Lipinski definition) is 4. The summed E-state index contributed by atoms with van der Waals surface area (Å²) >= 11 is 0. The van der Waals surface area contributed by atoms with Crippen molar-refractivity contribution in [1.82, 2.24) is 5.32 Å². The fourth-order valence-corrected chi connectivity index (χ4v) is 5.63. The molecule has 1 aliphatic rings. The number of hydrogen-bond acceptors (Lipinski definition) is 9. The smallest absolute Gasteiger partial charge is 0.224 e. The normalized spacial score (nSPS) is 13.2. The van der Waals surface area contributed by atoms with E-state index < -0.39 is 6.04 Å². The van der Waals surface area contributed by atoms with Crippen LogP contribution in [0.5, 0.6) is 23.0 Å². The Labute approximate surface area is 267 Å². The van der Waals surface area contributed by atoms with E-state index in [-0.39, 0.29) is 29.6 Å². The van der Waals surface area contributed by atoms with E-state index >= 15 is 0 Å². The second-order valence-corrected chi connectivity index (χ2v) is 10.8. The Morgan fingerprint density at radius 1 is 0.804 bits per heavy atom. The summed E-state index contributed by atoms with van der Waals surface area (Å²) in [6, 6.07) is 11.5. The maximum atomic E-state index is 13.5. The Hall–Kier alpha value is -5.26. The Balaban J connectivity index is 1.57. The summed E-state index contributed by atoms with van der Waals surface area (Å²) < 4.78 is 22.4. The maximum absolute atomic E-state index is 13.5. The van der Waals surface area contributed by atoms with Gasteiger partial charge in [0, 0.05) is 38.1 Å². The van der Waals surface area contributed by atoms with Crippen LogP contribution in [0.2, 0.25) is 0 Å². The summed E-state index contributed by atoms with van der Waals surface area (Å²) in [5, 5.41) is 11.7. The third kappa shape index (κ3) is 7.68. The summed E-state index contributed by atoms with van der Waals surface area (Å²) in [6.07, 6.45) is 1.75. The monoisotopic (exact) mass is 632 g/mol. The first kappa shape index (κ1) is 33.6. The lowest BCUT2D eigenvalue weighted by Crippen LogP contribution is -2.26. The molecule has 1 atom stereocenters. The van der Waals surface area contributed by atoms with E-state index in [1.165, 1.54) is 28.1 Å². The predicted octanol–water partition coefficient (Wildman–Crippen LogP) is 4.66. The molecule has 0 aromatic heterocycles. The molecular weight excluding hydrogens is 592 g/mol. The van der Waals surface area contributed by atoms with Crippen molar-refractivity contribution in [2.75, 3.05) is 50.9 Å². The highest BCUT2D eigenvalue weighted by Gasteiger charge is 2.29. The molecule has 1 aliphatic carbocycles. The Morgan fingerprint density at radius 3 is 2.20 bits per heavy atom. The van der Waals surface area contributed by atoms with Gasteiger partial charge in [0.15, 0.2) is 11.5 Å². The van der Waals surface area contributed by atoms with Crippen LogP contribution in [0.15, 0.2) is 47.3 Å². The van der Waals surface area contributed by atoms with Gasteiger partial charge in [-0.2, -0.15) is 0 Å². The van der Waals surface area contributed by atoms with Crippen LogP contribution in [0.3, 0.4) is 0 Å². The fraction of sp³-hybridized carbons (Fsp3) is 0.353. The van der Waals surface area contributed by atoms with E-state index in [4.69, 9.17) is 18.9 Å². The first-order chi connectivity index (χ1) is 22.1. The molecule has 0 saturated heterocycles. The van der Waals surface area contributed by atoms with Gasteiger partial charge in [-0.15, -0.1) is 0 Å². The Kier molecular flexibility index (Phi) is 11.1. The molecule has 3 aromatic carbocycles. The number of rotatable bonds is 12. The van der Waals surface area contributed by atoms with Crippen LogP contribution in [-0.2, 0) is 20.8 Å². The molecule has 244 valence electrons. The standard InChI is InChI=1S/C34H40N4O8/c1-19(39)36-22-10-14-29(43-3)27(17-22)38-31(42)8-7-15-35-26-13-11-23-24(18-28(26)41)25(37-20(2)40)12-9-21-16-30(44-4)33(45-5)34(46-6)32(21)23/h10-11,13-14,16-18,25H,7-9,12,15H2,1-6H3,(H,35,41)(H,36,39)(H,37,40)(H,38,42). The Bertz CT molecular complexity index is 1690. The molecule has 3 amide bonds. The number of carbonyl (C=O) groups is 3. The quantitative estimate of drug-likeness (QED) is 0.209. The molecule has 12 heteroatoms. The van der Waals surface area contributed by atoms with Crippen LogP contribution in [0.1, 0.15) is 50.3 Å². The highest BCUT2D eigenvalue weighted by Crippen LogP contribution is 2.50. The van der Waals surface area contributed by atoms with Gasteiger partial charge in [-0.25, -0.2) is 0 Å². The van der Waals surface area contributed by atoms with E-state index in [0.29, 0.717) is 71.4 Å². The van der Waals surface area contributed by atoms with E-state index in [0.717, 1.165) is 16.7 Å². The zero-order chi connectivity index (χ0) is 33.4. The zero-order valence-electron chi connectivity index (χ0n) is 26.9. The van der Waals surface area contributed by atoms with Crippen molar-refractivity contribution < 1.29 is 33.3 Å². The van der Waals surface area contributed by atoms with Crippen molar-refractivity contribution in [3.05, 3.63) is 63.8 Å². The topological polar surface area (TPSA) is 153 Å². The highest BCUT2D eigenvalue weighted by molar-refractivity contribution is 5.95. The molecule has 1 unspecified atom stereocenters. The summed E-state index contributed by atoms with van der Waals surface area (Å²) in [5.74, 6) is 1.19. The van der Waals surface area contributed by atoms with Gasteiger partial charge in [0.25, 0.3) is 0 Å². The average molecular weight is 633 g/mol. The predicted molar refractivity (Wildman–Crippen MR) is 176 cm³/mol. The summed E-state index contributed by atoms with van der Waals surface area (Å²) in [5.41, 5.74) is 4.13. The molecule has 0 fully saturated rings. The number of amides is 3. The van der Waals surface area contributed by atoms with Crippen LogP contribution in [0.4, 0.5) is 17.1 Å². The summed E-state index contributed by atoms with van der Waals surface area (Å²) in [4.78, 5) is 49.8. The van der Waals surface area contributed by atoms with Crippen LogP contribution < -0.4 is 45.6 Å². The second kappa shape index (κ2) is 15.2. The summed E-state index contributed by atoms with van der Waals surface area (Å²) in [7, 11) is 6.14. The molecular formula is C34H40N4O8. The molecule has 46 heavy (non-hydrogen) atoms. The highest BCUT2D eigenvalue weighted by atomic mass is 16.5. The van der Waals surface area contributed by atoms with Crippen LogP contribution in [-0.4, -0.2) is 52.7 Å². The van der Waals surface area contributed by atoms with E-state index in [9.17, 15) is 19.2 Å². The van der Waals surface area contributed by atoms with Gasteiger partial charge < -0.3 is 40.2 Å². The number of anilines is 3. The van der Waals surface area contributed by atoms with E-state index in [1.807, 2.05) is 12.1 Å². The van der Waals surface area contributed by atoms with Crippen LogP contribution >= 0.6 is 0 Å². The number of aryl methyl sites for hydroxylation is 1. The van der Waals surface area contributed by atoms with Gasteiger partial charge in [-0.05, 0) is 72.4 Å². The number of ether oxygens (including phenoxy) is 4. The van der Waals surface area contributed by atoms with E-state index in [2.05, 4.69) is 21.3 Å². The van der Waals surface area contributed by atoms with Crippen molar-refractivity contribution in [2.45, 2.75) is 45.6 Å². The number of benzene rings is 2. The molecule has 0 aliphatic heterocycles. The first-order valence-corrected chi connectivity index (χ1v) is 14.9. The third-order valence-electron chi connectivity index (χ3n) is 7.61. The van der Waals surface area contributed by atoms with Crippen molar-refractivity contribution in [3.63, 3.8) is 0 Å². The van der Waals surface area contributed by atoms with Gasteiger partial charge in [0.05, 0.1) is 45.9 Å². The van der Waals surface area contributed by atoms with Crippen LogP contribution in [0, 0.1) is 0 Å². The Morgan fingerprint density at radius 2 is 1.54 bits per heavy atom. The average Bonchev–Trinajstić information content (AvgIpc) is 3.26. The van der Waals surface area contributed by atoms with E-state index in [1.54, 1.807) is 44.6 Å². The van der Waals surface area contributed by atoms with Crippen LogP contribution in [0.25, 0.3) is 11.1 Å². The maximum Gasteiger partial charge on any atom is 0.224 e. The molecule has 0 heterocycles. The largest absolute Gasteiger partial charge is 0.495 e. The number of carbonyl (C=O) groups excluding carboxylic acids is 3. The molecule has 12 nitrogen and oxygen atoms in total. The van der Waals surface area contributed by atoms with Crippen molar-refractivity contribution in [2.24, 2.45) is 0 Å². The molecule has 0 spiro atoms. The lowest BCUT2D eigenvalue weighted by Gasteiger charge is -2.19. The fourth-order valence-electron chi connectivity index (χ4n) is 5.63. The summed E-state index contributed by atoms with van der Waals surface area (Å²) in [6.45, 7) is 3.20. The third-order valence-corrected chi connectivity index (χ3v) is 7.61. The lowest BCUT2D eigenvalue weighted by atomic mass is 9.95. The van der Waals surface area contributed by atoms with Gasteiger partial charge >= 0.3 is 0 Å². The number of methoxy groups -OCH3 is 4. The number of nitrogens with one attached hydrogen (secondary N) is 4. The second-order valence-electron chi connectivity index (χ2n) is 10.8.